The van der Waals surface area contributed by atoms with E-state index in [1.54, 1.807) is 13.8 Å². The van der Waals surface area contributed by atoms with Crippen molar-refractivity contribution in [1.29, 1.82) is 0 Å². The van der Waals surface area contributed by atoms with Crippen molar-refractivity contribution < 1.29 is 34.5 Å². The summed E-state index contributed by atoms with van der Waals surface area (Å²) >= 11 is 0. The second-order valence-corrected chi connectivity index (χ2v) is 6.95. The molecule has 0 bridgehead atoms. The molecule has 0 aromatic heterocycles. The highest BCUT2D eigenvalue weighted by molar-refractivity contribution is 4.94. The van der Waals surface area contributed by atoms with Crippen LogP contribution in [0.5, 0.6) is 0 Å². The van der Waals surface area contributed by atoms with Gasteiger partial charge in [0.15, 0.2) is 11.6 Å². The van der Waals surface area contributed by atoms with E-state index in [0.29, 0.717) is 26.1 Å². The normalized spacial score (nSPS) is 25.6. The zero-order valence-electron chi connectivity index (χ0n) is 18.4. The van der Waals surface area contributed by atoms with Gasteiger partial charge in [-0.05, 0) is 53.4 Å². The highest BCUT2D eigenvalue weighted by atomic mass is 17.2. The average Bonchev–Trinajstić information content (AvgIpc) is 2.74. The summed E-state index contributed by atoms with van der Waals surface area (Å²) in [7, 11) is 0. The molecule has 0 aliphatic carbocycles. The minimum atomic E-state index is -0.724. The number of ether oxygens (including phenoxy) is 2. The van der Waals surface area contributed by atoms with Crippen molar-refractivity contribution in [2.45, 2.75) is 90.6 Å². The van der Waals surface area contributed by atoms with Gasteiger partial charge in [0.1, 0.15) is 0 Å². The third kappa shape index (κ3) is 15.4. The lowest BCUT2D eigenvalue weighted by Crippen LogP contribution is -2.36. The summed E-state index contributed by atoms with van der Waals surface area (Å²) in [5.74, 6) is 9.79. The molecule has 2 unspecified atom stereocenters. The van der Waals surface area contributed by atoms with Gasteiger partial charge in [-0.25, -0.2) is 19.9 Å². The van der Waals surface area contributed by atoms with Crippen LogP contribution in [0.25, 0.3) is 0 Å². The van der Waals surface area contributed by atoms with Crippen molar-refractivity contribution in [1.82, 2.24) is 0 Å². The molecule has 2 heterocycles. The monoisotopic (exact) mass is 414 g/mol. The zero-order chi connectivity index (χ0) is 21.8. The summed E-state index contributed by atoms with van der Waals surface area (Å²) in [4.78, 5) is 14.4. The molecule has 2 fully saturated rings. The van der Waals surface area contributed by atoms with E-state index in [1.807, 2.05) is 13.8 Å². The first kappa shape index (κ1) is 27.8. The van der Waals surface area contributed by atoms with E-state index in [1.165, 1.54) is 0 Å². The molecule has 0 spiro atoms. The van der Waals surface area contributed by atoms with Gasteiger partial charge in [0.25, 0.3) is 0 Å². The quantitative estimate of drug-likeness (QED) is 0.293. The average molecular weight is 415 g/mol. The van der Waals surface area contributed by atoms with Crippen LogP contribution in [0.2, 0.25) is 0 Å². The Balaban J connectivity index is 0.000000448. The molecule has 2 rings (SSSR count). The van der Waals surface area contributed by atoms with Crippen LogP contribution in [-0.2, 0) is 24.1 Å². The third-order valence-electron chi connectivity index (χ3n) is 4.19. The first-order valence-corrected chi connectivity index (χ1v) is 10.3. The summed E-state index contributed by atoms with van der Waals surface area (Å²) in [5.41, 5.74) is 0. The molecule has 2 saturated heterocycles. The molecule has 0 aromatic carbocycles. The number of hydrogen-bond donors (Lipinski definition) is 2. The second kappa shape index (κ2) is 17.7. The van der Waals surface area contributed by atoms with Crippen molar-refractivity contribution in [2.24, 2.45) is 0 Å². The Kier molecular flexibility index (Phi) is 17.0. The van der Waals surface area contributed by atoms with E-state index >= 15 is 0 Å². The van der Waals surface area contributed by atoms with Crippen molar-refractivity contribution in [3.8, 4) is 23.7 Å². The molecule has 7 nitrogen and oxygen atoms in total. The van der Waals surface area contributed by atoms with E-state index in [2.05, 4.69) is 28.6 Å². The van der Waals surface area contributed by atoms with Gasteiger partial charge < -0.3 is 14.6 Å². The van der Waals surface area contributed by atoms with E-state index in [9.17, 15) is 0 Å². The largest absolute Gasteiger partial charge is 0.395 e. The van der Waals surface area contributed by atoms with Crippen LogP contribution in [-0.4, -0.2) is 48.4 Å². The maximum absolute atomic E-state index is 8.33. The Labute approximate surface area is 175 Å². The van der Waals surface area contributed by atoms with E-state index in [4.69, 9.17) is 29.6 Å². The lowest BCUT2D eigenvalue weighted by molar-refractivity contribution is -0.429. The number of rotatable bonds is 6. The van der Waals surface area contributed by atoms with Crippen molar-refractivity contribution in [2.75, 3.05) is 26.4 Å². The van der Waals surface area contributed by atoms with Gasteiger partial charge in [0, 0.05) is 25.7 Å². The predicted octanol–water partition coefficient (Wildman–Crippen LogP) is 4.05. The first-order chi connectivity index (χ1) is 13.9. The highest BCUT2D eigenvalue weighted by Crippen LogP contribution is 2.25. The molecule has 2 aliphatic rings. The van der Waals surface area contributed by atoms with Crippen LogP contribution in [0.15, 0.2) is 0 Å². The molecular weight excluding hydrogens is 376 g/mol. The SMILES string of the molecule is CC#CCCO.CC#CCCOOC1(C)CCCCO1.CC1(OO)CCCCO1. The molecule has 0 amide bonds. The van der Waals surface area contributed by atoms with Crippen molar-refractivity contribution >= 4 is 0 Å². The Hall–Kier alpha value is -1.16. The predicted molar refractivity (Wildman–Crippen MR) is 110 cm³/mol. The Bertz CT molecular complexity index is 501. The first-order valence-electron chi connectivity index (χ1n) is 10.3. The number of aliphatic hydroxyl groups excluding tert-OH is 1. The van der Waals surface area contributed by atoms with Gasteiger partial charge in [-0.1, -0.05) is 0 Å². The fraction of sp³-hybridized carbons (Fsp3) is 0.818. The standard InChI is InChI=1S/C11H18O3.C6H12O3.C5H8O/c1-3-4-6-10-13-14-11(2)8-5-7-9-12-11;1-6(9-7)4-2-3-5-8-6;1-2-3-4-5-6/h5-10H2,1-2H3;7H,2-5H2,1H3;6H,4-5H2,1H3. The minimum Gasteiger partial charge on any atom is -0.395 e. The van der Waals surface area contributed by atoms with E-state index in [0.717, 1.165) is 45.1 Å². The van der Waals surface area contributed by atoms with Gasteiger partial charge in [0.2, 0.25) is 0 Å². The smallest absolute Gasteiger partial charge is 0.198 e. The molecule has 2 N–H and O–H groups in total. The molecule has 2 aliphatic heterocycles. The molecule has 7 heteroatoms. The van der Waals surface area contributed by atoms with E-state index < -0.39 is 11.6 Å². The van der Waals surface area contributed by atoms with Gasteiger partial charge in [-0.3, -0.25) is 0 Å². The topological polar surface area (TPSA) is 86.6 Å². The van der Waals surface area contributed by atoms with Crippen LogP contribution in [0.3, 0.4) is 0 Å². The Morgan fingerprint density at radius 1 is 0.862 bits per heavy atom. The molecule has 29 heavy (non-hydrogen) atoms. The maximum Gasteiger partial charge on any atom is 0.198 e. The van der Waals surface area contributed by atoms with Gasteiger partial charge in [0.05, 0.1) is 26.4 Å². The lowest BCUT2D eigenvalue weighted by atomic mass is 10.1. The molecule has 168 valence electrons. The molecular formula is C22H38O7. The lowest BCUT2D eigenvalue weighted by Gasteiger charge is -2.31. The summed E-state index contributed by atoms with van der Waals surface area (Å²) < 4.78 is 10.6. The van der Waals surface area contributed by atoms with E-state index in [-0.39, 0.29) is 6.61 Å². The summed E-state index contributed by atoms with van der Waals surface area (Å²) in [6.45, 7) is 9.36. The minimum absolute atomic E-state index is 0.181. The van der Waals surface area contributed by atoms with Crippen molar-refractivity contribution in [3.05, 3.63) is 0 Å². The van der Waals surface area contributed by atoms with Crippen LogP contribution in [0, 0.1) is 23.7 Å². The zero-order valence-corrected chi connectivity index (χ0v) is 18.4. The second-order valence-electron chi connectivity index (χ2n) is 6.95. The van der Waals surface area contributed by atoms with Crippen LogP contribution >= 0.6 is 0 Å². The molecule has 0 radical (unpaired) electrons. The highest BCUT2D eigenvalue weighted by Gasteiger charge is 2.30. The molecule has 0 saturated carbocycles. The van der Waals surface area contributed by atoms with Crippen LogP contribution < -0.4 is 0 Å². The van der Waals surface area contributed by atoms with Crippen LogP contribution in [0.4, 0.5) is 0 Å². The Morgan fingerprint density at radius 2 is 1.41 bits per heavy atom. The van der Waals surface area contributed by atoms with Gasteiger partial charge in [-0.2, -0.15) is 0 Å². The van der Waals surface area contributed by atoms with Gasteiger partial charge >= 0.3 is 0 Å². The maximum atomic E-state index is 8.33. The summed E-state index contributed by atoms with van der Waals surface area (Å²) in [6, 6.07) is 0. The fourth-order valence-corrected chi connectivity index (χ4v) is 2.52. The van der Waals surface area contributed by atoms with Gasteiger partial charge in [-0.15, -0.1) is 23.7 Å². The van der Waals surface area contributed by atoms with Crippen molar-refractivity contribution in [3.63, 3.8) is 0 Å². The Morgan fingerprint density at radius 3 is 1.79 bits per heavy atom. The number of hydrogen-bond acceptors (Lipinski definition) is 7. The molecule has 2 atom stereocenters. The molecule has 0 aromatic rings. The third-order valence-corrected chi connectivity index (χ3v) is 4.19. The number of aliphatic hydroxyl groups is 1. The fourth-order valence-electron chi connectivity index (χ4n) is 2.52. The summed E-state index contributed by atoms with van der Waals surface area (Å²) in [6.07, 6.45) is 7.37. The van der Waals surface area contributed by atoms with Crippen LogP contribution in [0.1, 0.15) is 79.1 Å². The summed E-state index contributed by atoms with van der Waals surface area (Å²) in [5, 5.41) is 16.4.